The van der Waals surface area contributed by atoms with Gasteiger partial charge in [-0.1, -0.05) is 39.0 Å². The van der Waals surface area contributed by atoms with Gasteiger partial charge >= 0.3 is 0 Å². The summed E-state index contributed by atoms with van der Waals surface area (Å²) in [6, 6.07) is 0.348. The SMILES string of the molecule is CCCCCN1CC(C(=O)NC2CCCCC2)CC1=O. The summed E-state index contributed by atoms with van der Waals surface area (Å²) >= 11 is 0. The van der Waals surface area contributed by atoms with Crippen LogP contribution in [0.5, 0.6) is 0 Å². The number of rotatable bonds is 6. The van der Waals surface area contributed by atoms with Gasteiger partial charge in [0.1, 0.15) is 0 Å². The Labute approximate surface area is 122 Å². The summed E-state index contributed by atoms with van der Waals surface area (Å²) in [5.41, 5.74) is 0. The predicted octanol–water partition coefficient (Wildman–Crippen LogP) is 2.47. The van der Waals surface area contributed by atoms with Gasteiger partial charge in [0.2, 0.25) is 11.8 Å². The summed E-state index contributed by atoms with van der Waals surface area (Å²) in [5, 5.41) is 3.15. The first-order valence-electron chi connectivity index (χ1n) is 8.29. The topological polar surface area (TPSA) is 49.4 Å². The molecule has 1 heterocycles. The van der Waals surface area contributed by atoms with Gasteiger partial charge in [-0.2, -0.15) is 0 Å². The minimum Gasteiger partial charge on any atom is -0.353 e. The monoisotopic (exact) mass is 280 g/mol. The van der Waals surface area contributed by atoms with Gasteiger partial charge < -0.3 is 10.2 Å². The molecule has 0 bridgehead atoms. The van der Waals surface area contributed by atoms with Gasteiger partial charge in [-0.05, 0) is 19.3 Å². The number of likely N-dealkylation sites (tertiary alicyclic amines) is 1. The van der Waals surface area contributed by atoms with Crippen LogP contribution in [0, 0.1) is 5.92 Å². The van der Waals surface area contributed by atoms with Crippen molar-refractivity contribution in [3.8, 4) is 0 Å². The largest absolute Gasteiger partial charge is 0.353 e. The normalized spacial score (nSPS) is 24.1. The van der Waals surface area contributed by atoms with Crippen molar-refractivity contribution in [1.82, 2.24) is 10.2 Å². The lowest BCUT2D eigenvalue weighted by Crippen LogP contribution is -2.40. The van der Waals surface area contributed by atoms with Crippen LogP contribution in [-0.2, 0) is 9.59 Å². The third-order valence-corrected chi connectivity index (χ3v) is 4.57. The predicted molar refractivity (Wildman–Crippen MR) is 79.2 cm³/mol. The van der Waals surface area contributed by atoms with Crippen molar-refractivity contribution in [3.05, 3.63) is 0 Å². The van der Waals surface area contributed by atoms with E-state index in [1.54, 1.807) is 0 Å². The van der Waals surface area contributed by atoms with Crippen molar-refractivity contribution in [2.75, 3.05) is 13.1 Å². The Morgan fingerprint density at radius 2 is 2.00 bits per heavy atom. The number of amides is 2. The lowest BCUT2D eigenvalue weighted by atomic mass is 9.95. The molecule has 20 heavy (non-hydrogen) atoms. The zero-order valence-electron chi connectivity index (χ0n) is 12.7. The molecule has 0 aromatic rings. The number of hydrogen-bond donors (Lipinski definition) is 1. The smallest absolute Gasteiger partial charge is 0.225 e. The van der Waals surface area contributed by atoms with E-state index in [2.05, 4.69) is 12.2 Å². The second kappa shape index (κ2) is 7.65. The number of carbonyl (C=O) groups excluding carboxylic acids is 2. The molecule has 1 N–H and O–H groups in total. The first-order chi connectivity index (χ1) is 9.70. The van der Waals surface area contributed by atoms with Crippen LogP contribution in [0.2, 0.25) is 0 Å². The van der Waals surface area contributed by atoms with Crippen LogP contribution in [0.1, 0.15) is 64.7 Å². The average molecular weight is 280 g/mol. The van der Waals surface area contributed by atoms with Gasteiger partial charge in [0.15, 0.2) is 0 Å². The molecule has 4 nitrogen and oxygen atoms in total. The first kappa shape index (κ1) is 15.3. The Hall–Kier alpha value is -1.06. The molecule has 114 valence electrons. The van der Waals surface area contributed by atoms with E-state index in [0.717, 1.165) is 38.6 Å². The van der Waals surface area contributed by atoms with Crippen LogP contribution in [0.4, 0.5) is 0 Å². The molecule has 2 amide bonds. The lowest BCUT2D eigenvalue weighted by molar-refractivity contribution is -0.129. The van der Waals surface area contributed by atoms with Crippen molar-refractivity contribution in [3.63, 3.8) is 0 Å². The van der Waals surface area contributed by atoms with Gasteiger partial charge in [-0.3, -0.25) is 9.59 Å². The Morgan fingerprint density at radius 1 is 1.25 bits per heavy atom. The molecule has 1 atom stereocenters. The van der Waals surface area contributed by atoms with E-state index in [1.165, 1.54) is 19.3 Å². The molecular formula is C16H28N2O2. The average Bonchev–Trinajstić information content (AvgIpc) is 2.82. The van der Waals surface area contributed by atoms with Crippen molar-refractivity contribution in [1.29, 1.82) is 0 Å². The molecule has 0 spiro atoms. The Kier molecular flexibility index (Phi) is 5.86. The zero-order chi connectivity index (χ0) is 14.4. The highest BCUT2D eigenvalue weighted by Crippen LogP contribution is 2.21. The maximum absolute atomic E-state index is 12.2. The van der Waals surface area contributed by atoms with E-state index >= 15 is 0 Å². The molecule has 1 aliphatic heterocycles. The van der Waals surface area contributed by atoms with Crippen LogP contribution >= 0.6 is 0 Å². The fraction of sp³-hybridized carbons (Fsp3) is 0.875. The molecule has 2 fully saturated rings. The fourth-order valence-electron chi connectivity index (χ4n) is 3.28. The molecule has 1 saturated carbocycles. The summed E-state index contributed by atoms with van der Waals surface area (Å²) in [4.78, 5) is 26.0. The molecule has 1 aliphatic carbocycles. The van der Waals surface area contributed by atoms with Crippen LogP contribution in [0.3, 0.4) is 0 Å². The Balaban J connectivity index is 1.75. The van der Waals surface area contributed by atoms with E-state index in [4.69, 9.17) is 0 Å². The minimum absolute atomic E-state index is 0.100. The maximum atomic E-state index is 12.2. The number of unbranched alkanes of at least 4 members (excludes halogenated alkanes) is 2. The summed E-state index contributed by atoms with van der Waals surface area (Å²) in [7, 11) is 0. The van der Waals surface area contributed by atoms with Crippen LogP contribution in [-0.4, -0.2) is 35.8 Å². The maximum Gasteiger partial charge on any atom is 0.225 e. The minimum atomic E-state index is -0.119. The number of nitrogens with one attached hydrogen (secondary N) is 1. The standard InChI is InChI=1S/C16H28N2O2/c1-2-3-7-10-18-12-13(11-15(18)19)16(20)17-14-8-5-4-6-9-14/h13-14H,2-12H2,1H3,(H,17,20). The van der Waals surface area contributed by atoms with Crippen LogP contribution in [0.15, 0.2) is 0 Å². The van der Waals surface area contributed by atoms with E-state index < -0.39 is 0 Å². The highest BCUT2D eigenvalue weighted by molar-refractivity contribution is 5.89. The quantitative estimate of drug-likeness (QED) is 0.760. The third-order valence-electron chi connectivity index (χ3n) is 4.57. The Bertz CT molecular complexity index is 337. The summed E-state index contributed by atoms with van der Waals surface area (Å²) < 4.78 is 0. The molecule has 0 aromatic heterocycles. The van der Waals surface area contributed by atoms with E-state index in [1.807, 2.05) is 4.90 Å². The second-order valence-corrected chi connectivity index (χ2v) is 6.29. The summed E-state index contributed by atoms with van der Waals surface area (Å²) in [6.07, 6.45) is 9.72. The third kappa shape index (κ3) is 4.22. The van der Waals surface area contributed by atoms with Crippen molar-refractivity contribution < 1.29 is 9.59 Å². The summed E-state index contributed by atoms with van der Waals surface area (Å²) in [6.45, 7) is 3.60. The van der Waals surface area contributed by atoms with E-state index in [-0.39, 0.29) is 17.7 Å². The van der Waals surface area contributed by atoms with Gasteiger partial charge in [-0.25, -0.2) is 0 Å². The van der Waals surface area contributed by atoms with Crippen molar-refractivity contribution in [2.45, 2.75) is 70.8 Å². The molecular weight excluding hydrogens is 252 g/mol. The van der Waals surface area contributed by atoms with E-state index in [9.17, 15) is 9.59 Å². The molecule has 0 radical (unpaired) electrons. The second-order valence-electron chi connectivity index (χ2n) is 6.29. The molecule has 2 aliphatic rings. The lowest BCUT2D eigenvalue weighted by Gasteiger charge is -2.24. The molecule has 4 heteroatoms. The molecule has 1 saturated heterocycles. The van der Waals surface area contributed by atoms with Crippen molar-refractivity contribution in [2.24, 2.45) is 5.92 Å². The van der Waals surface area contributed by atoms with Crippen LogP contribution < -0.4 is 5.32 Å². The van der Waals surface area contributed by atoms with Gasteiger partial charge in [0, 0.05) is 25.6 Å². The highest BCUT2D eigenvalue weighted by Gasteiger charge is 2.34. The number of hydrogen-bond acceptors (Lipinski definition) is 2. The van der Waals surface area contributed by atoms with Crippen LogP contribution in [0.25, 0.3) is 0 Å². The summed E-state index contributed by atoms with van der Waals surface area (Å²) in [5.74, 6) is 0.138. The molecule has 1 unspecified atom stereocenters. The van der Waals surface area contributed by atoms with Gasteiger partial charge in [0.25, 0.3) is 0 Å². The molecule has 2 rings (SSSR count). The molecule has 0 aromatic carbocycles. The zero-order valence-corrected chi connectivity index (χ0v) is 12.7. The Morgan fingerprint density at radius 3 is 2.70 bits per heavy atom. The fourth-order valence-corrected chi connectivity index (χ4v) is 3.28. The van der Waals surface area contributed by atoms with Gasteiger partial charge in [0.05, 0.1) is 5.92 Å². The first-order valence-corrected chi connectivity index (χ1v) is 8.29. The van der Waals surface area contributed by atoms with E-state index in [0.29, 0.717) is 19.0 Å². The highest BCUT2D eigenvalue weighted by atomic mass is 16.2. The number of carbonyl (C=O) groups is 2. The van der Waals surface area contributed by atoms with Gasteiger partial charge in [-0.15, -0.1) is 0 Å². The van der Waals surface area contributed by atoms with Crippen molar-refractivity contribution >= 4 is 11.8 Å². The number of nitrogens with zero attached hydrogens (tertiary/aromatic N) is 1.